The van der Waals surface area contributed by atoms with Crippen molar-refractivity contribution >= 4 is 21.5 Å². The van der Waals surface area contributed by atoms with Gasteiger partial charge in [-0.15, -0.1) is 0 Å². The van der Waals surface area contributed by atoms with E-state index in [0.29, 0.717) is 29.3 Å². The van der Waals surface area contributed by atoms with Gasteiger partial charge in [0.05, 0.1) is 0 Å². The van der Waals surface area contributed by atoms with Gasteiger partial charge in [-0.25, -0.2) is 15.0 Å². The molecule has 0 saturated heterocycles. The van der Waals surface area contributed by atoms with E-state index in [1.807, 2.05) is 0 Å². The summed E-state index contributed by atoms with van der Waals surface area (Å²) >= 11 is 0. The summed E-state index contributed by atoms with van der Waals surface area (Å²) in [6.45, 7) is 0. The smallest absolute Gasteiger partial charge is 0.165 e. The van der Waals surface area contributed by atoms with Gasteiger partial charge in [-0.05, 0) is 151 Å². The first-order chi connectivity index (χ1) is 32.7. The molecule has 15 rings (SSSR count). The molecule has 0 amide bonds. The topological polar surface area (TPSA) is 38.7 Å². The fourth-order valence-corrected chi connectivity index (χ4v) is 13.7. The lowest BCUT2D eigenvalue weighted by molar-refractivity contribution is -0.0399. The Bertz CT molecular complexity index is 3370. The second-order valence-electron chi connectivity index (χ2n) is 19.5. The third kappa shape index (κ3) is 5.72. The summed E-state index contributed by atoms with van der Waals surface area (Å²) in [7, 11) is 0. The summed E-state index contributed by atoms with van der Waals surface area (Å²) < 4.78 is 0. The van der Waals surface area contributed by atoms with Gasteiger partial charge in [0.2, 0.25) is 0 Å². The molecule has 1 heterocycles. The highest BCUT2D eigenvalue weighted by Gasteiger charge is 2.61. The van der Waals surface area contributed by atoms with Gasteiger partial charge in [-0.1, -0.05) is 182 Å². The van der Waals surface area contributed by atoms with Crippen LogP contribution in [0.25, 0.3) is 100 Å². The number of benzene rings is 9. The largest absolute Gasteiger partial charge is 0.208 e. The second-order valence-corrected chi connectivity index (χ2v) is 19.5. The molecule has 9 aromatic carbocycles. The molecule has 0 atom stereocenters. The van der Waals surface area contributed by atoms with Gasteiger partial charge >= 0.3 is 0 Å². The minimum atomic E-state index is 0.0915. The zero-order valence-corrected chi connectivity index (χ0v) is 36.7. The summed E-state index contributed by atoms with van der Waals surface area (Å²) in [6, 6.07) is 73.2. The van der Waals surface area contributed by atoms with Gasteiger partial charge in [-0.3, -0.25) is 0 Å². The van der Waals surface area contributed by atoms with E-state index in [9.17, 15) is 0 Å². The molecule has 0 N–H and O–H groups in total. The number of hydrogen-bond acceptors (Lipinski definition) is 3. The standard InChI is InChI=1S/C63H47N3/c1-3-15-41(16-4-1)43-19-13-21-46(36-43)60-64-61(47-22-14-20-44(37-47)42-17-5-2-6-18-42)66-62(65-60)59-54-26-9-7-24-52(54)58(53-25-8-10-27-55(53)59)45-29-30-51-50-23-11-12-28-56(50)63(57(51)38-45)48-32-39-31-40(34-48)35-49(63)33-39/h1-30,36-40,48-49H,31-35H2. The minimum absolute atomic E-state index is 0.0915. The Labute approximate surface area is 385 Å². The van der Waals surface area contributed by atoms with Crippen LogP contribution < -0.4 is 0 Å². The average molecular weight is 846 g/mol. The highest BCUT2D eigenvalue weighted by molar-refractivity contribution is 6.21. The molecule has 0 radical (unpaired) electrons. The van der Waals surface area contributed by atoms with Gasteiger partial charge in [0, 0.05) is 22.1 Å². The molecule has 4 fully saturated rings. The van der Waals surface area contributed by atoms with Crippen LogP contribution in [0, 0.1) is 23.7 Å². The van der Waals surface area contributed by atoms with E-state index in [1.165, 1.54) is 65.1 Å². The van der Waals surface area contributed by atoms with Crippen LogP contribution in [-0.2, 0) is 5.41 Å². The summed E-state index contributed by atoms with van der Waals surface area (Å²) in [6.07, 6.45) is 6.93. The number of nitrogens with zero attached hydrogens (tertiary/aromatic N) is 3. The van der Waals surface area contributed by atoms with Gasteiger partial charge in [0.1, 0.15) is 0 Å². The van der Waals surface area contributed by atoms with E-state index in [1.54, 1.807) is 11.1 Å². The summed E-state index contributed by atoms with van der Waals surface area (Å²) in [5.74, 6) is 5.17. The van der Waals surface area contributed by atoms with Gasteiger partial charge in [0.25, 0.3) is 0 Å². The first-order valence-corrected chi connectivity index (χ1v) is 23.9. The van der Waals surface area contributed by atoms with E-state index in [-0.39, 0.29) is 5.41 Å². The highest BCUT2D eigenvalue weighted by atomic mass is 15.0. The van der Waals surface area contributed by atoms with Crippen LogP contribution in [0.15, 0.2) is 200 Å². The van der Waals surface area contributed by atoms with Crippen LogP contribution in [0.5, 0.6) is 0 Å². The Morgan fingerprint density at radius 1 is 0.303 bits per heavy atom. The van der Waals surface area contributed by atoms with Crippen molar-refractivity contribution in [2.24, 2.45) is 23.7 Å². The van der Waals surface area contributed by atoms with Crippen molar-refractivity contribution in [2.45, 2.75) is 37.5 Å². The normalized spacial score (nSPS) is 21.1. The van der Waals surface area contributed by atoms with Gasteiger partial charge in [-0.2, -0.15) is 0 Å². The van der Waals surface area contributed by atoms with Crippen molar-refractivity contribution in [3.63, 3.8) is 0 Å². The molecule has 10 aromatic rings. The fraction of sp³-hybridized carbons (Fsp3) is 0.159. The molecule has 5 aliphatic rings. The van der Waals surface area contributed by atoms with Crippen LogP contribution in [0.2, 0.25) is 0 Å². The maximum Gasteiger partial charge on any atom is 0.165 e. The lowest BCUT2D eigenvalue weighted by atomic mass is 9.43. The summed E-state index contributed by atoms with van der Waals surface area (Å²) in [5.41, 5.74) is 16.2. The molecular formula is C63H47N3. The third-order valence-electron chi connectivity index (χ3n) is 16.1. The summed E-state index contributed by atoms with van der Waals surface area (Å²) in [4.78, 5) is 16.2. The van der Waals surface area contributed by atoms with E-state index in [0.717, 1.165) is 61.6 Å². The molecule has 1 spiro atoms. The lowest BCUT2D eigenvalue weighted by Gasteiger charge is -2.61. The second kappa shape index (κ2) is 14.8. The summed E-state index contributed by atoms with van der Waals surface area (Å²) in [5, 5.41) is 4.69. The molecule has 314 valence electrons. The molecule has 4 bridgehead atoms. The predicted molar refractivity (Wildman–Crippen MR) is 271 cm³/mol. The lowest BCUT2D eigenvalue weighted by Crippen LogP contribution is -2.55. The van der Waals surface area contributed by atoms with E-state index in [4.69, 9.17) is 15.0 Å². The maximum absolute atomic E-state index is 5.46. The zero-order chi connectivity index (χ0) is 43.3. The monoisotopic (exact) mass is 845 g/mol. The maximum atomic E-state index is 5.46. The van der Waals surface area contributed by atoms with Gasteiger partial charge < -0.3 is 0 Å². The van der Waals surface area contributed by atoms with Gasteiger partial charge in [0.15, 0.2) is 17.5 Å². The molecule has 0 aliphatic heterocycles. The van der Waals surface area contributed by atoms with Crippen molar-refractivity contribution in [1.82, 2.24) is 15.0 Å². The van der Waals surface area contributed by atoms with Crippen LogP contribution >= 0.6 is 0 Å². The Balaban J connectivity index is 0.990. The average Bonchev–Trinajstić information content (AvgIpc) is 3.67. The van der Waals surface area contributed by atoms with Crippen LogP contribution in [0.4, 0.5) is 0 Å². The van der Waals surface area contributed by atoms with Crippen molar-refractivity contribution in [3.8, 4) is 78.7 Å². The Kier molecular flexibility index (Phi) is 8.47. The molecule has 1 aromatic heterocycles. The number of rotatable bonds is 6. The molecule has 5 aliphatic carbocycles. The van der Waals surface area contributed by atoms with Crippen molar-refractivity contribution < 1.29 is 0 Å². The fourth-order valence-electron chi connectivity index (χ4n) is 13.7. The number of hydrogen-bond donors (Lipinski definition) is 0. The Hall–Kier alpha value is -7.49. The van der Waals surface area contributed by atoms with E-state index < -0.39 is 0 Å². The van der Waals surface area contributed by atoms with Crippen LogP contribution in [-0.4, -0.2) is 15.0 Å². The first kappa shape index (κ1) is 37.8. The number of fused-ring (bicyclic) bond motifs is 5. The molecule has 3 heteroatoms. The van der Waals surface area contributed by atoms with Crippen LogP contribution in [0.1, 0.15) is 43.2 Å². The number of aromatic nitrogens is 3. The molecular weight excluding hydrogens is 799 g/mol. The van der Waals surface area contributed by atoms with Crippen LogP contribution in [0.3, 0.4) is 0 Å². The minimum Gasteiger partial charge on any atom is -0.208 e. The SMILES string of the molecule is c1ccc(-c2cccc(-c3nc(-c4cccc(-c5ccccc5)c4)nc(-c4c5ccccc5c(-c5ccc6c(c5)C5(c7ccccc7-6)C6CC7CC(C6)CC5C7)c5ccccc45)n3)c2)cc1. The molecule has 3 nitrogen and oxygen atoms in total. The zero-order valence-electron chi connectivity index (χ0n) is 36.7. The predicted octanol–water partition coefficient (Wildman–Crippen LogP) is 15.9. The quantitative estimate of drug-likeness (QED) is 0.157. The van der Waals surface area contributed by atoms with Crippen molar-refractivity contribution in [1.29, 1.82) is 0 Å². The Morgan fingerprint density at radius 2 is 0.742 bits per heavy atom. The molecule has 0 unspecified atom stereocenters. The van der Waals surface area contributed by atoms with Crippen molar-refractivity contribution in [3.05, 3.63) is 211 Å². The van der Waals surface area contributed by atoms with Crippen molar-refractivity contribution in [2.75, 3.05) is 0 Å². The third-order valence-corrected chi connectivity index (χ3v) is 16.1. The van der Waals surface area contributed by atoms with E-state index >= 15 is 0 Å². The van der Waals surface area contributed by atoms with E-state index in [2.05, 4.69) is 200 Å². The first-order valence-electron chi connectivity index (χ1n) is 23.9. The Morgan fingerprint density at radius 3 is 1.30 bits per heavy atom. The molecule has 4 saturated carbocycles. The highest BCUT2D eigenvalue weighted by Crippen LogP contribution is 2.69. The molecule has 66 heavy (non-hydrogen) atoms.